The van der Waals surface area contributed by atoms with E-state index in [0.717, 1.165) is 24.3 Å². The maximum atomic E-state index is 6.30. The quantitative estimate of drug-likeness (QED) is 0.847. The van der Waals surface area contributed by atoms with Gasteiger partial charge in [-0.1, -0.05) is 23.8 Å². The van der Waals surface area contributed by atoms with Crippen LogP contribution in [0.5, 0.6) is 0 Å². The molecule has 0 saturated carbocycles. The van der Waals surface area contributed by atoms with Gasteiger partial charge in [-0.25, -0.2) is 0 Å². The number of rotatable bonds is 2. The van der Waals surface area contributed by atoms with Crippen molar-refractivity contribution in [3.05, 3.63) is 28.8 Å². The van der Waals surface area contributed by atoms with Gasteiger partial charge in [-0.3, -0.25) is 0 Å². The molecular weight excluding hydrogens is 268 g/mol. The highest BCUT2D eigenvalue weighted by molar-refractivity contribution is 7.80. The lowest BCUT2D eigenvalue weighted by Crippen LogP contribution is -2.48. The Morgan fingerprint density at radius 1 is 1.50 bits per heavy atom. The Hall–Kier alpha value is -0.840. The summed E-state index contributed by atoms with van der Waals surface area (Å²) in [6.07, 6.45) is 0. The zero-order valence-electron chi connectivity index (χ0n) is 10.6. The maximum absolute atomic E-state index is 6.30. The summed E-state index contributed by atoms with van der Waals surface area (Å²) < 4.78 is 5.69. The van der Waals surface area contributed by atoms with Crippen LogP contribution < -0.4 is 10.6 Å². The summed E-state index contributed by atoms with van der Waals surface area (Å²) >= 11 is 11.2. The fourth-order valence-electron chi connectivity index (χ4n) is 2.14. The molecule has 5 heteroatoms. The highest BCUT2D eigenvalue weighted by Crippen LogP contribution is 2.30. The Balaban J connectivity index is 2.26. The van der Waals surface area contributed by atoms with Gasteiger partial charge in [0.25, 0.3) is 0 Å². The number of morpholine rings is 1. The minimum atomic E-state index is -0.149. The van der Waals surface area contributed by atoms with Crippen LogP contribution in [0.4, 0.5) is 5.69 Å². The molecule has 1 saturated heterocycles. The number of nitrogens with zero attached hydrogens (tertiary/aromatic N) is 1. The van der Waals surface area contributed by atoms with Crippen molar-refractivity contribution >= 4 is 34.5 Å². The number of anilines is 1. The van der Waals surface area contributed by atoms with Crippen molar-refractivity contribution in [3.8, 4) is 0 Å². The average Bonchev–Trinajstić information content (AvgIpc) is 2.27. The molecule has 1 heterocycles. The molecule has 0 aromatic heterocycles. The molecule has 98 valence electrons. The molecule has 0 aliphatic carbocycles. The SMILES string of the molecule is CC1(C)CN(c2ccc(C(N)=S)cc2Cl)CCO1. The van der Waals surface area contributed by atoms with E-state index >= 15 is 0 Å². The van der Waals surface area contributed by atoms with Gasteiger partial charge < -0.3 is 15.4 Å². The van der Waals surface area contributed by atoms with Crippen LogP contribution in [0.1, 0.15) is 19.4 Å². The van der Waals surface area contributed by atoms with E-state index in [1.54, 1.807) is 0 Å². The lowest BCUT2D eigenvalue weighted by molar-refractivity contribution is -0.0276. The predicted molar refractivity (Wildman–Crippen MR) is 79.6 cm³/mol. The summed E-state index contributed by atoms with van der Waals surface area (Å²) in [6.45, 7) is 6.53. The molecule has 0 radical (unpaired) electrons. The molecular formula is C13H17ClN2OS. The van der Waals surface area contributed by atoms with Crippen LogP contribution in [0.15, 0.2) is 18.2 Å². The minimum absolute atomic E-state index is 0.149. The van der Waals surface area contributed by atoms with Crippen LogP contribution in [-0.2, 0) is 4.74 Å². The van der Waals surface area contributed by atoms with Crippen molar-refractivity contribution < 1.29 is 4.74 Å². The van der Waals surface area contributed by atoms with Gasteiger partial charge in [0.05, 0.1) is 22.9 Å². The number of benzene rings is 1. The van der Waals surface area contributed by atoms with Gasteiger partial charge in [-0.15, -0.1) is 0 Å². The summed E-state index contributed by atoms with van der Waals surface area (Å²) in [6, 6.07) is 5.70. The lowest BCUT2D eigenvalue weighted by Gasteiger charge is -2.39. The molecule has 0 atom stereocenters. The van der Waals surface area contributed by atoms with E-state index in [2.05, 4.69) is 18.7 Å². The normalized spacial score (nSPS) is 18.7. The topological polar surface area (TPSA) is 38.5 Å². The van der Waals surface area contributed by atoms with Crippen molar-refractivity contribution in [1.29, 1.82) is 0 Å². The third-order valence-corrected chi connectivity index (χ3v) is 3.54. The van der Waals surface area contributed by atoms with E-state index in [1.807, 2.05) is 18.2 Å². The fourth-order valence-corrected chi connectivity index (χ4v) is 2.57. The molecule has 1 fully saturated rings. The molecule has 0 unspecified atom stereocenters. The van der Waals surface area contributed by atoms with E-state index in [9.17, 15) is 0 Å². The van der Waals surface area contributed by atoms with Gasteiger partial charge in [-0.05, 0) is 32.0 Å². The Morgan fingerprint density at radius 3 is 2.78 bits per heavy atom. The van der Waals surface area contributed by atoms with Crippen molar-refractivity contribution in [2.45, 2.75) is 19.4 Å². The fraction of sp³-hybridized carbons (Fsp3) is 0.462. The van der Waals surface area contributed by atoms with Crippen molar-refractivity contribution in [2.75, 3.05) is 24.6 Å². The van der Waals surface area contributed by atoms with Crippen LogP contribution in [0.25, 0.3) is 0 Å². The molecule has 1 aliphatic rings. The highest BCUT2D eigenvalue weighted by Gasteiger charge is 2.28. The monoisotopic (exact) mass is 284 g/mol. The molecule has 2 N–H and O–H groups in total. The summed E-state index contributed by atoms with van der Waals surface area (Å²) in [5.41, 5.74) is 7.25. The van der Waals surface area contributed by atoms with E-state index in [4.69, 9.17) is 34.3 Å². The average molecular weight is 285 g/mol. The first kappa shape index (κ1) is 13.6. The molecule has 0 spiro atoms. The largest absolute Gasteiger partial charge is 0.389 e. The van der Waals surface area contributed by atoms with E-state index in [0.29, 0.717) is 16.6 Å². The van der Waals surface area contributed by atoms with Gasteiger partial charge in [0.1, 0.15) is 4.99 Å². The van der Waals surface area contributed by atoms with Gasteiger partial charge in [0.2, 0.25) is 0 Å². The zero-order chi connectivity index (χ0) is 13.3. The molecule has 1 aliphatic heterocycles. The maximum Gasteiger partial charge on any atom is 0.104 e. The molecule has 2 rings (SSSR count). The summed E-state index contributed by atoms with van der Waals surface area (Å²) in [5.74, 6) is 0. The first-order valence-electron chi connectivity index (χ1n) is 5.87. The van der Waals surface area contributed by atoms with Crippen LogP contribution in [-0.4, -0.2) is 30.3 Å². The van der Waals surface area contributed by atoms with Crippen molar-refractivity contribution in [1.82, 2.24) is 0 Å². The standard InChI is InChI=1S/C13H17ClN2OS/c1-13(2)8-16(5-6-17-13)11-4-3-9(12(15)18)7-10(11)14/h3-4,7H,5-6,8H2,1-2H3,(H2,15,18). The Bertz CT molecular complexity index is 476. The van der Waals surface area contributed by atoms with Gasteiger partial charge in [-0.2, -0.15) is 0 Å². The van der Waals surface area contributed by atoms with Gasteiger partial charge in [0.15, 0.2) is 0 Å². The molecule has 1 aromatic carbocycles. The second-order valence-corrected chi connectivity index (χ2v) is 5.91. The molecule has 3 nitrogen and oxygen atoms in total. The van der Waals surface area contributed by atoms with Crippen LogP contribution >= 0.6 is 23.8 Å². The smallest absolute Gasteiger partial charge is 0.104 e. The first-order chi connectivity index (χ1) is 8.39. The van der Waals surface area contributed by atoms with Crippen molar-refractivity contribution in [2.24, 2.45) is 5.73 Å². The number of halogens is 1. The predicted octanol–water partition coefficient (Wildman–Crippen LogP) is 2.59. The summed E-state index contributed by atoms with van der Waals surface area (Å²) in [7, 11) is 0. The third-order valence-electron chi connectivity index (χ3n) is 3.00. The van der Waals surface area contributed by atoms with E-state index in [-0.39, 0.29) is 5.60 Å². The zero-order valence-corrected chi connectivity index (χ0v) is 12.1. The second-order valence-electron chi connectivity index (χ2n) is 5.06. The molecule has 0 bridgehead atoms. The number of nitrogens with two attached hydrogens (primary N) is 1. The number of ether oxygens (including phenoxy) is 1. The molecule has 1 aromatic rings. The molecule has 0 amide bonds. The Labute approximate surface area is 118 Å². The second kappa shape index (κ2) is 5.03. The summed E-state index contributed by atoms with van der Waals surface area (Å²) in [4.78, 5) is 2.60. The lowest BCUT2D eigenvalue weighted by atomic mass is 10.1. The van der Waals surface area contributed by atoms with E-state index in [1.165, 1.54) is 0 Å². The Kier molecular flexibility index (Phi) is 3.80. The first-order valence-corrected chi connectivity index (χ1v) is 6.66. The van der Waals surface area contributed by atoms with Crippen LogP contribution in [0.3, 0.4) is 0 Å². The van der Waals surface area contributed by atoms with Crippen LogP contribution in [0.2, 0.25) is 5.02 Å². The Morgan fingerprint density at radius 2 is 2.22 bits per heavy atom. The van der Waals surface area contributed by atoms with Crippen LogP contribution in [0, 0.1) is 0 Å². The number of hydrogen-bond acceptors (Lipinski definition) is 3. The summed E-state index contributed by atoms with van der Waals surface area (Å²) in [5, 5.41) is 0.679. The number of hydrogen-bond donors (Lipinski definition) is 1. The van der Waals surface area contributed by atoms with Gasteiger partial charge >= 0.3 is 0 Å². The molecule has 18 heavy (non-hydrogen) atoms. The third kappa shape index (κ3) is 2.94. The minimum Gasteiger partial charge on any atom is -0.389 e. The highest BCUT2D eigenvalue weighted by atomic mass is 35.5. The van der Waals surface area contributed by atoms with E-state index < -0.39 is 0 Å². The number of thiocarbonyl (C=S) groups is 1. The van der Waals surface area contributed by atoms with Gasteiger partial charge in [0, 0.05) is 18.7 Å². The van der Waals surface area contributed by atoms with Crippen molar-refractivity contribution in [3.63, 3.8) is 0 Å².